The first-order valence-electron chi connectivity index (χ1n) is 6.91. The van der Waals surface area contributed by atoms with Crippen molar-refractivity contribution in [2.75, 3.05) is 11.9 Å². The highest BCUT2D eigenvalue weighted by molar-refractivity contribution is 9.10. The van der Waals surface area contributed by atoms with E-state index in [4.69, 9.17) is 4.74 Å². The van der Waals surface area contributed by atoms with E-state index in [2.05, 4.69) is 21.2 Å². The molecular weight excluding hydrogens is 364 g/mol. The smallest absolute Gasteiger partial charge is 0.271 e. The number of benzene rings is 2. The Morgan fingerprint density at radius 3 is 2.70 bits per heavy atom. The van der Waals surface area contributed by atoms with Gasteiger partial charge in [0.2, 0.25) is 0 Å². The first kappa shape index (κ1) is 17.0. The van der Waals surface area contributed by atoms with Gasteiger partial charge in [-0.3, -0.25) is 14.9 Å². The Hall–Kier alpha value is -2.41. The molecule has 0 saturated carbocycles. The predicted octanol–water partition coefficient (Wildman–Crippen LogP) is 4.32. The molecule has 0 bridgehead atoms. The molecule has 120 valence electrons. The molecule has 23 heavy (non-hydrogen) atoms. The molecule has 1 amide bonds. The minimum atomic E-state index is -0.500. The van der Waals surface area contributed by atoms with Crippen molar-refractivity contribution in [3.63, 3.8) is 0 Å². The third-order valence-corrected chi connectivity index (χ3v) is 3.66. The van der Waals surface area contributed by atoms with Crippen LogP contribution in [-0.2, 0) is 0 Å². The third kappa shape index (κ3) is 4.07. The van der Waals surface area contributed by atoms with Crippen molar-refractivity contribution in [1.29, 1.82) is 0 Å². The second kappa shape index (κ2) is 7.23. The van der Waals surface area contributed by atoms with Gasteiger partial charge in [-0.15, -0.1) is 0 Å². The molecule has 7 heteroatoms. The number of nitrogens with one attached hydrogen (secondary N) is 1. The summed E-state index contributed by atoms with van der Waals surface area (Å²) in [5.74, 6) is 0.0645. The standard InChI is InChI=1S/C16H15BrN2O4/c1-3-23-15-7-5-11(17)8-13(15)16(20)18-14-9-12(19(21)22)6-4-10(14)2/h4-9H,3H2,1-2H3,(H,18,20). The number of aryl methyl sites for hydroxylation is 1. The molecule has 0 aliphatic carbocycles. The lowest BCUT2D eigenvalue weighted by Gasteiger charge is -2.12. The topological polar surface area (TPSA) is 81.5 Å². The lowest BCUT2D eigenvalue weighted by atomic mass is 10.1. The van der Waals surface area contributed by atoms with Crippen LogP contribution in [0.5, 0.6) is 5.75 Å². The molecule has 0 atom stereocenters. The van der Waals surface area contributed by atoms with Crippen LogP contribution in [0.1, 0.15) is 22.8 Å². The average molecular weight is 379 g/mol. The number of nitro groups is 1. The lowest BCUT2D eigenvalue weighted by Crippen LogP contribution is -2.14. The third-order valence-electron chi connectivity index (χ3n) is 3.17. The van der Waals surface area contributed by atoms with Gasteiger partial charge in [0.1, 0.15) is 5.75 Å². The number of non-ortho nitro benzene ring substituents is 1. The molecule has 0 unspecified atom stereocenters. The zero-order valence-electron chi connectivity index (χ0n) is 12.6. The number of rotatable bonds is 5. The van der Waals surface area contributed by atoms with E-state index >= 15 is 0 Å². The van der Waals surface area contributed by atoms with E-state index in [9.17, 15) is 14.9 Å². The normalized spacial score (nSPS) is 10.2. The van der Waals surface area contributed by atoms with Crippen LogP contribution < -0.4 is 10.1 Å². The van der Waals surface area contributed by atoms with Gasteiger partial charge < -0.3 is 10.1 Å². The molecule has 0 aromatic heterocycles. The summed E-state index contributed by atoms with van der Waals surface area (Å²) in [6, 6.07) is 9.45. The van der Waals surface area contributed by atoms with Gasteiger partial charge in [0.15, 0.2) is 0 Å². The summed E-state index contributed by atoms with van der Waals surface area (Å²) in [6.07, 6.45) is 0. The number of hydrogen-bond donors (Lipinski definition) is 1. The fraction of sp³-hybridized carbons (Fsp3) is 0.188. The van der Waals surface area contributed by atoms with Crippen LogP contribution in [0.25, 0.3) is 0 Å². The van der Waals surface area contributed by atoms with Gasteiger partial charge >= 0.3 is 0 Å². The van der Waals surface area contributed by atoms with Crippen LogP contribution >= 0.6 is 15.9 Å². The summed E-state index contributed by atoms with van der Waals surface area (Å²) in [5, 5.41) is 13.6. The maximum Gasteiger partial charge on any atom is 0.271 e. The minimum absolute atomic E-state index is 0.0785. The summed E-state index contributed by atoms with van der Waals surface area (Å²) < 4.78 is 6.19. The van der Waals surface area contributed by atoms with E-state index in [1.807, 2.05) is 6.92 Å². The van der Waals surface area contributed by atoms with E-state index in [1.165, 1.54) is 12.1 Å². The van der Waals surface area contributed by atoms with Crippen molar-refractivity contribution >= 4 is 33.2 Å². The molecule has 0 aliphatic heterocycles. The van der Waals surface area contributed by atoms with Crippen LogP contribution in [0.2, 0.25) is 0 Å². The van der Waals surface area contributed by atoms with Crippen LogP contribution in [0.15, 0.2) is 40.9 Å². The van der Waals surface area contributed by atoms with Crippen LogP contribution in [0.3, 0.4) is 0 Å². The molecule has 2 aromatic carbocycles. The van der Waals surface area contributed by atoms with Crippen molar-refractivity contribution in [3.8, 4) is 5.75 Å². The van der Waals surface area contributed by atoms with E-state index in [1.54, 1.807) is 31.2 Å². The van der Waals surface area contributed by atoms with Crippen LogP contribution in [-0.4, -0.2) is 17.4 Å². The molecule has 0 aliphatic rings. The quantitative estimate of drug-likeness (QED) is 0.620. The van der Waals surface area contributed by atoms with Crippen LogP contribution in [0.4, 0.5) is 11.4 Å². The number of hydrogen-bond acceptors (Lipinski definition) is 4. The molecule has 0 spiro atoms. The van der Waals surface area contributed by atoms with Gasteiger partial charge in [-0.25, -0.2) is 0 Å². The molecule has 0 fully saturated rings. The molecule has 1 N–H and O–H groups in total. The zero-order chi connectivity index (χ0) is 17.0. The fourth-order valence-electron chi connectivity index (χ4n) is 2.01. The lowest BCUT2D eigenvalue weighted by molar-refractivity contribution is -0.384. The molecule has 0 heterocycles. The Kier molecular flexibility index (Phi) is 5.33. The largest absolute Gasteiger partial charge is 0.493 e. The van der Waals surface area contributed by atoms with Crippen molar-refractivity contribution in [2.24, 2.45) is 0 Å². The maximum absolute atomic E-state index is 12.5. The summed E-state index contributed by atoms with van der Waals surface area (Å²) in [5.41, 5.74) is 1.40. The van der Waals surface area contributed by atoms with Gasteiger partial charge in [-0.2, -0.15) is 0 Å². The van der Waals surface area contributed by atoms with Gasteiger partial charge in [-0.1, -0.05) is 22.0 Å². The van der Waals surface area contributed by atoms with E-state index in [-0.39, 0.29) is 5.69 Å². The number of carbonyl (C=O) groups is 1. The highest BCUT2D eigenvalue weighted by Gasteiger charge is 2.16. The van der Waals surface area contributed by atoms with Gasteiger partial charge in [0.25, 0.3) is 11.6 Å². The number of nitro benzene ring substituents is 1. The molecule has 0 radical (unpaired) electrons. The Bertz CT molecular complexity index is 762. The monoisotopic (exact) mass is 378 g/mol. The Labute approximate surface area is 141 Å². The number of amides is 1. The van der Waals surface area contributed by atoms with E-state index < -0.39 is 10.8 Å². The van der Waals surface area contributed by atoms with Crippen LogP contribution in [0, 0.1) is 17.0 Å². The highest BCUT2D eigenvalue weighted by Crippen LogP contribution is 2.26. The summed E-state index contributed by atoms with van der Waals surface area (Å²) in [7, 11) is 0. The first-order chi connectivity index (χ1) is 10.9. The molecule has 6 nitrogen and oxygen atoms in total. The van der Waals surface area contributed by atoms with Gasteiger partial charge in [0.05, 0.1) is 22.8 Å². The summed E-state index contributed by atoms with van der Waals surface area (Å²) in [4.78, 5) is 22.9. The van der Waals surface area contributed by atoms with Crippen molar-refractivity contribution in [2.45, 2.75) is 13.8 Å². The highest BCUT2D eigenvalue weighted by atomic mass is 79.9. The predicted molar refractivity (Wildman–Crippen MR) is 91.1 cm³/mol. The second-order valence-corrected chi connectivity index (χ2v) is 5.70. The summed E-state index contributed by atoms with van der Waals surface area (Å²) >= 11 is 3.32. The Balaban J connectivity index is 2.34. The van der Waals surface area contributed by atoms with E-state index in [0.717, 1.165) is 10.0 Å². The number of nitrogens with zero attached hydrogens (tertiary/aromatic N) is 1. The zero-order valence-corrected chi connectivity index (χ0v) is 14.2. The average Bonchev–Trinajstić information content (AvgIpc) is 2.51. The Morgan fingerprint density at radius 2 is 2.04 bits per heavy atom. The van der Waals surface area contributed by atoms with Crippen molar-refractivity contribution in [3.05, 3.63) is 62.1 Å². The summed E-state index contributed by atoms with van der Waals surface area (Å²) in [6.45, 7) is 4.02. The number of ether oxygens (including phenoxy) is 1. The van der Waals surface area contributed by atoms with E-state index in [0.29, 0.717) is 23.6 Å². The van der Waals surface area contributed by atoms with Gasteiger partial charge in [-0.05, 0) is 37.6 Å². The minimum Gasteiger partial charge on any atom is -0.493 e. The number of halogens is 1. The SMILES string of the molecule is CCOc1ccc(Br)cc1C(=O)Nc1cc([N+](=O)[O-])ccc1C. The van der Waals surface area contributed by atoms with Crippen molar-refractivity contribution in [1.82, 2.24) is 0 Å². The molecule has 2 rings (SSSR count). The molecule has 2 aromatic rings. The molecule has 0 saturated heterocycles. The number of carbonyl (C=O) groups excluding carboxylic acids is 1. The Morgan fingerprint density at radius 1 is 1.30 bits per heavy atom. The maximum atomic E-state index is 12.5. The van der Waals surface area contributed by atoms with Gasteiger partial charge in [0, 0.05) is 16.6 Å². The first-order valence-corrected chi connectivity index (χ1v) is 7.70. The number of anilines is 1. The molecular formula is C16H15BrN2O4. The van der Waals surface area contributed by atoms with Crippen molar-refractivity contribution < 1.29 is 14.5 Å². The second-order valence-electron chi connectivity index (χ2n) is 4.78. The fourth-order valence-corrected chi connectivity index (χ4v) is 2.37.